The van der Waals surface area contributed by atoms with E-state index in [9.17, 15) is 20.4 Å². The molecule has 6 nitrogen and oxygen atoms in total. The average Bonchev–Trinajstić information content (AvgIpc) is 2.84. The van der Waals surface area contributed by atoms with Gasteiger partial charge in [-0.15, -0.1) is 0 Å². The number of aliphatic hydroxyl groups excluding tert-OH is 4. The number of hydrogen-bond acceptors (Lipinski definition) is 6. The minimum atomic E-state index is -1.41. The zero-order chi connectivity index (χ0) is 23.4. The molecule has 0 bridgehead atoms. The van der Waals surface area contributed by atoms with Crippen LogP contribution in [0.25, 0.3) is 0 Å². The third-order valence-electron chi connectivity index (χ3n) is 5.65. The van der Waals surface area contributed by atoms with Gasteiger partial charge in [0.2, 0.25) is 0 Å². The van der Waals surface area contributed by atoms with Gasteiger partial charge in [-0.2, -0.15) is 0 Å². The number of benzene rings is 2. The third-order valence-corrected chi connectivity index (χ3v) is 6.43. The molecule has 2 aromatic carbocycles. The Morgan fingerprint density at radius 3 is 2.36 bits per heavy atom. The van der Waals surface area contributed by atoms with Crippen molar-refractivity contribution in [2.24, 2.45) is 0 Å². The van der Waals surface area contributed by atoms with E-state index < -0.39 is 37.1 Å². The Morgan fingerprint density at radius 1 is 0.909 bits per heavy atom. The second-order valence-electron chi connectivity index (χ2n) is 7.97. The molecule has 7 heteroatoms. The summed E-state index contributed by atoms with van der Waals surface area (Å²) < 4.78 is 6.60. The second-order valence-corrected chi connectivity index (χ2v) is 8.82. The second kappa shape index (κ2) is 10.6. The van der Waals surface area contributed by atoms with Gasteiger partial charge in [0, 0.05) is 28.0 Å². The van der Waals surface area contributed by atoms with Gasteiger partial charge in [-0.25, -0.2) is 0 Å². The molecular formula is C26H24BrNO5. The SMILES string of the molecule is OC[C@H]1O[C@@H](c2ccc(Br)c(Cc3ccc(C#Cc4cccnc4)cc3)c2)[C@H](O)[C@@H](O)[C@@H]1O. The first-order valence-electron chi connectivity index (χ1n) is 10.6. The molecule has 2 heterocycles. The van der Waals surface area contributed by atoms with Gasteiger partial charge in [-0.1, -0.05) is 52.0 Å². The van der Waals surface area contributed by atoms with E-state index in [-0.39, 0.29) is 0 Å². The standard InChI is InChI=1S/C26H24BrNO5/c27-21-10-9-19(26-25(32)24(31)23(30)22(15-29)33-26)13-20(21)12-17-6-3-16(4-7-17)5-8-18-2-1-11-28-14-18/h1-4,6-7,9-11,13-14,22-26,29-32H,12,15H2/t22-,23-,24+,25-,26+/m1/s1. The molecule has 4 N–H and O–H groups in total. The Balaban J connectivity index is 1.51. The maximum Gasteiger partial charge on any atom is 0.113 e. The van der Waals surface area contributed by atoms with Crippen LogP contribution >= 0.6 is 15.9 Å². The summed E-state index contributed by atoms with van der Waals surface area (Å²) in [6.07, 6.45) is -1.84. The number of halogens is 1. The summed E-state index contributed by atoms with van der Waals surface area (Å²) in [5, 5.41) is 40.0. The molecule has 5 atom stereocenters. The van der Waals surface area contributed by atoms with Crippen molar-refractivity contribution < 1.29 is 25.2 Å². The summed E-state index contributed by atoms with van der Waals surface area (Å²) in [6.45, 7) is -0.457. The highest BCUT2D eigenvalue weighted by Crippen LogP contribution is 2.34. The van der Waals surface area contributed by atoms with Gasteiger partial charge in [0.1, 0.15) is 30.5 Å². The Kier molecular flexibility index (Phi) is 7.56. The van der Waals surface area contributed by atoms with Crippen molar-refractivity contribution in [3.8, 4) is 11.8 Å². The molecule has 1 aliphatic rings. The van der Waals surface area contributed by atoms with Gasteiger partial charge in [0.05, 0.1) is 6.61 Å². The highest BCUT2D eigenvalue weighted by molar-refractivity contribution is 9.10. The minimum absolute atomic E-state index is 0.457. The van der Waals surface area contributed by atoms with E-state index in [4.69, 9.17) is 4.74 Å². The van der Waals surface area contributed by atoms with E-state index >= 15 is 0 Å². The monoisotopic (exact) mass is 509 g/mol. The molecule has 0 saturated carbocycles. The first kappa shape index (κ1) is 23.6. The third kappa shape index (κ3) is 5.50. The lowest BCUT2D eigenvalue weighted by molar-refractivity contribution is -0.231. The summed E-state index contributed by atoms with van der Waals surface area (Å²) in [5.74, 6) is 6.22. The summed E-state index contributed by atoms with van der Waals surface area (Å²) in [5.41, 5.74) is 4.46. The van der Waals surface area contributed by atoms with E-state index in [1.165, 1.54) is 0 Å². The van der Waals surface area contributed by atoms with Crippen LogP contribution in [0.5, 0.6) is 0 Å². The van der Waals surface area contributed by atoms with Crippen molar-refractivity contribution in [1.82, 2.24) is 4.98 Å². The molecule has 4 rings (SSSR count). The summed E-state index contributed by atoms with van der Waals surface area (Å²) in [4.78, 5) is 4.06. The fourth-order valence-electron chi connectivity index (χ4n) is 3.79. The van der Waals surface area contributed by atoms with Crippen LogP contribution < -0.4 is 0 Å². The highest BCUT2D eigenvalue weighted by atomic mass is 79.9. The number of hydrogen-bond donors (Lipinski definition) is 4. The number of pyridine rings is 1. The van der Waals surface area contributed by atoms with E-state index in [0.29, 0.717) is 12.0 Å². The van der Waals surface area contributed by atoms with Crippen LogP contribution in [0.4, 0.5) is 0 Å². The molecule has 0 radical (unpaired) electrons. The molecule has 1 saturated heterocycles. The maximum absolute atomic E-state index is 10.4. The number of aliphatic hydroxyl groups is 4. The molecular weight excluding hydrogens is 486 g/mol. The predicted molar refractivity (Wildman–Crippen MR) is 126 cm³/mol. The quantitative estimate of drug-likeness (QED) is 0.402. The van der Waals surface area contributed by atoms with Crippen molar-refractivity contribution in [2.75, 3.05) is 6.61 Å². The Bertz CT molecular complexity index is 1140. The van der Waals surface area contributed by atoms with Crippen molar-refractivity contribution >= 4 is 15.9 Å². The first-order valence-corrected chi connectivity index (χ1v) is 11.4. The van der Waals surface area contributed by atoms with E-state index in [2.05, 4.69) is 32.8 Å². The topological polar surface area (TPSA) is 103 Å². The smallest absolute Gasteiger partial charge is 0.113 e. The highest BCUT2D eigenvalue weighted by Gasteiger charge is 2.43. The minimum Gasteiger partial charge on any atom is -0.394 e. The average molecular weight is 510 g/mol. The lowest BCUT2D eigenvalue weighted by atomic mass is 9.90. The summed E-state index contributed by atoms with van der Waals surface area (Å²) in [6, 6.07) is 17.3. The lowest BCUT2D eigenvalue weighted by Gasteiger charge is -2.40. The summed E-state index contributed by atoms with van der Waals surface area (Å²) in [7, 11) is 0. The largest absolute Gasteiger partial charge is 0.394 e. The van der Waals surface area contributed by atoms with Gasteiger partial charge in [-0.3, -0.25) is 4.98 Å². The Hall–Kier alpha value is -2.57. The first-order chi connectivity index (χ1) is 16.0. The van der Waals surface area contributed by atoms with Crippen LogP contribution in [0, 0.1) is 11.8 Å². The fraction of sp³-hybridized carbons (Fsp3) is 0.269. The van der Waals surface area contributed by atoms with Crippen molar-refractivity contribution in [1.29, 1.82) is 0 Å². The van der Waals surface area contributed by atoms with Gasteiger partial charge >= 0.3 is 0 Å². The number of nitrogens with zero attached hydrogens (tertiary/aromatic N) is 1. The van der Waals surface area contributed by atoms with Crippen LogP contribution in [0.1, 0.15) is 33.9 Å². The molecule has 1 aromatic heterocycles. The maximum atomic E-state index is 10.4. The van der Waals surface area contributed by atoms with Crippen molar-refractivity contribution in [2.45, 2.75) is 36.9 Å². The molecule has 1 fully saturated rings. The molecule has 170 valence electrons. The van der Waals surface area contributed by atoms with E-state index in [1.54, 1.807) is 18.5 Å². The van der Waals surface area contributed by atoms with Crippen molar-refractivity contribution in [3.05, 3.63) is 99.3 Å². The Labute approximate surface area is 200 Å². The van der Waals surface area contributed by atoms with Gasteiger partial charge in [0.15, 0.2) is 0 Å². The predicted octanol–water partition coefficient (Wildman–Crippen LogP) is 2.35. The fourth-order valence-corrected chi connectivity index (χ4v) is 4.18. The van der Waals surface area contributed by atoms with Crippen LogP contribution in [0.2, 0.25) is 0 Å². The van der Waals surface area contributed by atoms with Gasteiger partial charge < -0.3 is 25.2 Å². The number of ether oxygens (including phenoxy) is 1. The lowest BCUT2D eigenvalue weighted by Crippen LogP contribution is -2.55. The summed E-state index contributed by atoms with van der Waals surface area (Å²) >= 11 is 3.58. The molecule has 3 aromatic rings. The zero-order valence-corrected chi connectivity index (χ0v) is 19.3. The van der Waals surface area contributed by atoms with Crippen LogP contribution in [-0.4, -0.2) is 56.4 Å². The van der Waals surface area contributed by atoms with Crippen molar-refractivity contribution in [3.63, 3.8) is 0 Å². The molecule has 0 aliphatic carbocycles. The normalized spacial score (nSPS) is 24.7. The molecule has 0 spiro atoms. The van der Waals surface area contributed by atoms with Crippen LogP contribution in [0.3, 0.4) is 0 Å². The van der Waals surface area contributed by atoms with Crippen LogP contribution in [-0.2, 0) is 11.2 Å². The Morgan fingerprint density at radius 2 is 1.67 bits per heavy atom. The van der Waals surface area contributed by atoms with E-state index in [0.717, 1.165) is 26.7 Å². The van der Waals surface area contributed by atoms with Crippen LogP contribution in [0.15, 0.2) is 71.5 Å². The molecule has 33 heavy (non-hydrogen) atoms. The van der Waals surface area contributed by atoms with E-state index in [1.807, 2.05) is 48.5 Å². The zero-order valence-electron chi connectivity index (χ0n) is 17.7. The molecule has 1 aliphatic heterocycles. The molecule has 0 amide bonds. The number of rotatable bonds is 4. The number of aromatic nitrogens is 1. The van der Waals surface area contributed by atoms with Gasteiger partial charge in [-0.05, 0) is 53.4 Å². The van der Waals surface area contributed by atoms with Gasteiger partial charge in [0.25, 0.3) is 0 Å². The molecule has 0 unspecified atom stereocenters.